The highest BCUT2D eigenvalue weighted by molar-refractivity contribution is 5.81. The second kappa shape index (κ2) is 7.09. The average Bonchev–Trinajstić information content (AvgIpc) is 2.42. The van der Waals surface area contributed by atoms with Crippen molar-refractivity contribution in [1.29, 1.82) is 0 Å². The van der Waals surface area contributed by atoms with Gasteiger partial charge in [-0.2, -0.15) is 13.2 Å². The molecular formula is C12H20F3NO2. The summed E-state index contributed by atoms with van der Waals surface area (Å²) in [5, 5.41) is 8.79. The lowest BCUT2D eigenvalue weighted by Crippen LogP contribution is -2.40. The van der Waals surface area contributed by atoms with Gasteiger partial charge in [-0.25, -0.2) is 0 Å². The molecule has 106 valence electrons. The molecule has 0 bridgehead atoms. The Bertz CT molecular complexity index is 269. The minimum absolute atomic E-state index is 0.0384. The highest BCUT2D eigenvalue weighted by Crippen LogP contribution is 2.23. The molecular weight excluding hydrogens is 247 g/mol. The molecule has 1 fully saturated rings. The zero-order valence-electron chi connectivity index (χ0n) is 10.4. The quantitative estimate of drug-likeness (QED) is 0.774. The van der Waals surface area contributed by atoms with Crippen molar-refractivity contribution in [1.82, 2.24) is 4.90 Å². The van der Waals surface area contributed by atoms with Crippen molar-refractivity contribution < 1.29 is 23.1 Å². The third-order valence-electron chi connectivity index (χ3n) is 3.23. The van der Waals surface area contributed by atoms with E-state index in [-0.39, 0.29) is 31.4 Å². The van der Waals surface area contributed by atoms with Gasteiger partial charge >= 0.3 is 6.18 Å². The number of aliphatic hydroxyl groups is 1. The number of halogens is 3. The first-order valence-electron chi connectivity index (χ1n) is 6.35. The van der Waals surface area contributed by atoms with Crippen LogP contribution < -0.4 is 0 Å². The Morgan fingerprint density at radius 3 is 2.61 bits per heavy atom. The first-order chi connectivity index (χ1) is 8.42. The van der Waals surface area contributed by atoms with Gasteiger partial charge in [0.1, 0.15) is 5.78 Å². The van der Waals surface area contributed by atoms with Crippen LogP contribution in [0, 0.1) is 5.92 Å². The fourth-order valence-electron chi connectivity index (χ4n) is 2.37. The Hall–Kier alpha value is -0.620. The van der Waals surface area contributed by atoms with E-state index < -0.39 is 12.7 Å². The van der Waals surface area contributed by atoms with Gasteiger partial charge in [-0.05, 0) is 12.8 Å². The zero-order chi connectivity index (χ0) is 13.6. The van der Waals surface area contributed by atoms with Crippen LogP contribution in [0.25, 0.3) is 0 Å². The van der Waals surface area contributed by atoms with Gasteiger partial charge in [-0.15, -0.1) is 0 Å². The molecule has 1 atom stereocenters. The minimum Gasteiger partial charge on any atom is -0.395 e. The molecule has 6 heteroatoms. The molecule has 0 aromatic rings. The van der Waals surface area contributed by atoms with Gasteiger partial charge in [0.2, 0.25) is 0 Å². The molecule has 18 heavy (non-hydrogen) atoms. The lowest BCUT2D eigenvalue weighted by molar-refractivity contribution is -0.149. The van der Waals surface area contributed by atoms with Crippen LogP contribution in [0.4, 0.5) is 13.2 Å². The maximum atomic E-state index is 12.4. The summed E-state index contributed by atoms with van der Waals surface area (Å²) in [6.45, 7) is -1.31. The molecule has 0 aromatic carbocycles. The van der Waals surface area contributed by atoms with Crippen LogP contribution in [0.5, 0.6) is 0 Å². The van der Waals surface area contributed by atoms with Gasteiger partial charge in [0.15, 0.2) is 0 Å². The Balaban J connectivity index is 2.55. The largest absolute Gasteiger partial charge is 0.401 e. The molecule has 0 aliphatic heterocycles. The van der Waals surface area contributed by atoms with E-state index in [0.717, 1.165) is 24.2 Å². The maximum absolute atomic E-state index is 12.4. The normalized spacial score (nSPS) is 22.3. The molecule has 1 rings (SSSR count). The van der Waals surface area contributed by atoms with Gasteiger partial charge in [0, 0.05) is 25.4 Å². The van der Waals surface area contributed by atoms with Gasteiger partial charge in [-0.1, -0.05) is 12.8 Å². The zero-order valence-corrected chi connectivity index (χ0v) is 10.4. The van der Waals surface area contributed by atoms with E-state index >= 15 is 0 Å². The van der Waals surface area contributed by atoms with E-state index in [4.69, 9.17) is 5.11 Å². The molecule has 1 unspecified atom stereocenters. The summed E-state index contributed by atoms with van der Waals surface area (Å²) in [4.78, 5) is 12.9. The van der Waals surface area contributed by atoms with Crippen LogP contribution in [0.15, 0.2) is 0 Å². The predicted molar refractivity (Wildman–Crippen MR) is 61.2 cm³/mol. The molecule has 0 amide bonds. The number of ketones is 1. The van der Waals surface area contributed by atoms with Crippen LogP contribution in [-0.2, 0) is 4.79 Å². The minimum atomic E-state index is -4.29. The van der Waals surface area contributed by atoms with E-state index in [0.29, 0.717) is 12.8 Å². The molecule has 0 aromatic heterocycles. The monoisotopic (exact) mass is 267 g/mol. The fourth-order valence-corrected chi connectivity index (χ4v) is 2.37. The molecule has 0 radical (unpaired) electrons. The SMILES string of the molecule is O=C1CCCCCC1CN(CCO)CC(F)(F)F. The van der Waals surface area contributed by atoms with E-state index in [1.54, 1.807) is 0 Å². The van der Waals surface area contributed by atoms with E-state index in [2.05, 4.69) is 0 Å². The molecule has 1 aliphatic rings. The highest BCUT2D eigenvalue weighted by Gasteiger charge is 2.32. The number of carbonyl (C=O) groups is 1. The number of alkyl halides is 3. The van der Waals surface area contributed by atoms with Crippen LogP contribution in [0.1, 0.15) is 32.1 Å². The molecule has 1 N–H and O–H groups in total. The average molecular weight is 267 g/mol. The Labute approximate surface area is 105 Å². The highest BCUT2D eigenvalue weighted by atomic mass is 19.4. The summed E-state index contributed by atoms with van der Waals surface area (Å²) in [5.74, 6) is -0.237. The molecule has 1 aliphatic carbocycles. The Morgan fingerprint density at radius 2 is 2.00 bits per heavy atom. The summed E-state index contributed by atoms with van der Waals surface area (Å²) in [5.41, 5.74) is 0. The topological polar surface area (TPSA) is 40.5 Å². The molecule has 0 heterocycles. The van der Waals surface area contributed by atoms with Crippen molar-refractivity contribution in [3.8, 4) is 0 Å². The maximum Gasteiger partial charge on any atom is 0.401 e. The van der Waals surface area contributed by atoms with Gasteiger partial charge < -0.3 is 5.11 Å². The second-order valence-corrected chi connectivity index (χ2v) is 4.84. The van der Waals surface area contributed by atoms with E-state index in [1.165, 1.54) is 0 Å². The van der Waals surface area contributed by atoms with Crippen LogP contribution >= 0.6 is 0 Å². The van der Waals surface area contributed by atoms with Crippen LogP contribution in [0.2, 0.25) is 0 Å². The fraction of sp³-hybridized carbons (Fsp3) is 0.917. The summed E-state index contributed by atoms with van der Waals surface area (Å²) in [6.07, 6.45) is -0.434. The lowest BCUT2D eigenvalue weighted by atomic mass is 9.98. The number of hydrogen-bond donors (Lipinski definition) is 1. The van der Waals surface area contributed by atoms with Crippen molar-refractivity contribution in [2.75, 3.05) is 26.2 Å². The molecule has 0 saturated heterocycles. The number of hydrogen-bond acceptors (Lipinski definition) is 3. The number of Topliss-reactive ketones (excluding diaryl/α,β-unsaturated/α-hetero) is 1. The molecule has 1 saturated carbocycles. The van der Waals surface area contributed by atoms with E-state index in [1.807, 2.05) is 0 Å². The van der Waals surface area contributed by atoms with E-state index in [9.17, 15) is 18.0 Å². The van der Waals surface area contributed by atoms with Gasteiger partial charge in [0.25, 0.3) is 0 Å². The number of rotatable bonds is 5. The number of aliphatic hydroxyl groups excluding tert-OH is 1. The van der Waals surface area contributed by atoms with Crippen molar-refractivity contribution in [3.63, 3.8) is 0 Å². The second-order valence-electron chi connectivity index (χ2n) is 4.84. The van der Waals surface area contributed by atoms with Crippen molar-refractivity contribution >= 4 is 5.78 Å². The first-order valence-corrected chi connectivity index (χ1v) is 6.35. The standard InChI is InChI=1S/C12H20F3NO2/c13-12(14,15)9-16(6-7-17)8-10-4-2-1-3-5-11(10)18/h10,17H,1-9H2. The first kappa shape index (κ1) is 15.4. The summed E-state index contributed by atoms with van der Waals surface area (Å²) >= 11 is 0. The Morgan fingerprint density at radius 1 is 1.28 bits per heavy atom. The smallest absolute Gasteiger partial charge is 0.395 e. The van der Waals surface area contributed by atoms with Crippen molar-refractivity contribution in [3.05, 3.63) is 0 Å². The Kier molecular flexibility index (Phi) is 6.08. The van der Waals surface area contributed by atoms with Crippen molar-refractivity contribution in [2.45, 2.75) is 38.3 Å². The third kappa shape index (κ3) is 5.82. The molecule has 0 spiro atoms. The van der Waals surface area contributed by atoms with Gasteiger partial charge in [-0.3, -0.25) is 9.69 Å². The van der Waals surface area contributed by atoms with Crippen LogP contribution in [-0.4, -0.2) is 48.2 Å². The number of nitrogens with zero attached hydrogens (tertiary/aromatic N) is 1. The lowest BCUT2D eigenvalue weighted by Gasteiger charge is -2.26. The summed E-state index contributed by atoms with van der Waals surface area (Å²) in [7, 11) is 0. The third-order valence-corrected chi connectivity index (χ3v) is 3.23. The van der Waals surface area contributed by atoms with Gasteiger partial charge in [0.05, 0.1) is 13.2 Å². The number of carbonyl (C=O) groups excluding carboxylic acids is 1. The predicted octanol–water partition coefficient (Wildman–Crippen LogP) is 1.99. The van der Waals surface area contributed by atoms with Crippen LogP contribution in [0.3, 0.4) is 0 Å². The molecule has 3 nitrogen and oxygen atoms in total. The summed E-state index contributed by atoms with van der Waals surface area (Å²) < 4.78 is 37.1. The summed E-state index contributed by atoms with van der Waals surface area (Å²) in [6, 6.07) is 0. The van der Waals surface area contributed by atoms with Crippen molar-refractivity contribution in [2.24, 2.45) is 5.92 Å².